The quantitative estimate of drug-likeness (QED) is 0.811. The van der Waals surface area contributed by atoms with Crippen molar-refractivity contribution in [2.75, 3.05) is 6.54 Å². The Morgan fingerprint density at radius 1 is 1.53 bits per heavy atom. The minimum Gasteiger partial charge on any atom is -0.507 e. The van der Waals surface area contributed by atoms with Crippen LogP contribution in [0.25, 0.3) is 0 Å². The van der Waals surface area contributed by atoms with E-state index in [2.05, 4.69) is 0 Å². The molecule has 1 aromatic carbocycles. The van der Waals surface area contributed by atoms with Crippen molar-refractivity contribution in [3.05, 3.63) is 29.3 Å². The van der Waals surface area contributed by atoms with E-state index in [9.17, 15) is 9.90 Å². The van der Waals surface area contributed by atoms with Gasteiger partial charge < -0.3 is 10.0 Å². The molecule has 1 aromatic rings. The van der Waals surface area contributed by atoms with Crippen LogP contribution in [0.4, 0.5) is 0 Å². The average molecular weight is 232 g/mol. The van der Waals surface area contributed by atoms with Crippen molar-refractivity contribution in [1.29, 1.82) is 5.26 Å². The first-order chi connectivity index (χ1) is 7.97. The lowest BCUT2D eigenvalue weighted by molar-refractivity contribution is 0.0728. The number of amides is 1. The molecule has 90 valence electrons. The minimum atomic E-state index is -0.320. The maximum Gasteiger partial charge on any atom is 0.258 e. The second kappa shape index (κ2) is 5.35. The van der Waals surface area contributed by atoms with Gasteiger partial charge in [0.25, 0.3) is 5.91 Å². The zero-order valence-corrected chi connectivity index (χ0v) is 10.3. The smallest absolute Gasteiger partial charge is 0.258 e. The molecule has 0 radical (unpaired) electrons. The van der Waals surface area contributed by atoms with Crippen molar-refractivity contribution < 1.29 is 9.90 Å². The van der Waals surface area contributed by atoms with Crippen LogP contribution in [0.5, 0.6) is 5.75 Å². The largest absolute Gasteiger partial charge is 0.507 e. The van der Waals surface area contributed by atoms with Gasteiger partial charge in [-0.05, 0) is 38.5 Å². The summed E-state index contributed by atoms with van der Waals surface area (Å²) in [5.41, 5.74) is 1.12. The number of hydrogen-bond donors (Lipinski definition) is 1. The molecule has 0 saturated heterocycles. The summed E-state index contributed by atoms with van der Waals surface area (Å²) < 4.78 is 0. The Morgan fingerprint density at radius 2 is 2.18 bits per heavy atom. The summed E-state index contributed by atoms with van der Waals surface area (Å²) in [6, 6.07) is 6.76. The maximum absolute atomic E-state index is 12.1. The molecule has 0 atom stereocenters. The molecule has 0 spiro atoms. The number of aryl methyl sites for hydroxylation is 1. The predicted molar refractivity (Wildman–Crippen MR) is 64.6 cm³/mol. The highest BCUT2D eigenvalue weighted by molar-refractivity contribution is 5.97. The maximum atomic E-state index is 12.1. The van der Waals surface area contributed by atoms with Crippen LogP contribution in [0.15, 0.2) is 18.2 Å². The van der Waals surface area contributed by atoms with Gasteiger partial charge in [-0.15, -0.1) is 0 Å². The van der Waals surface area contributed by atoms with Gasteiger partial charge in [0.2, 0.25) is 0 Å². The van der Waals surface area contributed by atoms with Crippen LogP contribution >= 0.6 is 0 Å². The van der Waals surface area contributed by atoms with E-state index in [0.717, 1.165) is 5.56 Å². The molecule has 0 aliphatic rings. The van der Waals surface area contributed by atoms with Crippen LogP contribution in [-0.4, -0.2) is 28.5 Å². The SMILES string of the molecule is Cc1ccc(C(=O)N(CC#N)C(C)C)c(O)c1. The Labute approximate surface area is 101 Å². The van der Waals surface area contributed by atoms with E-state index < -0.39 is 0 Å². The summed E-state index contributed by atoms with van der Waals surface area (Å²) in [7, 11) is 0. The molecule has 1 N–H and O–H groups in total. The molecule has 17 heavy (non-hydrogen) atoms. The molecule has 0 heterocycles. The van der Waals surface area contributed by atoms with E-state index in [0.29, 0.717) is 0 Å². The molecule has 0 aliphatic heterocycles. The Kier molecular flexibility index (Phi) is 4.11. The summed E-state index contributed by atoms with van der Waals surface area (Å²) in [6.07, 6.45) is 0. The molecule has 0 fully saturated rings. The normalized spacial score (nSPS) is 10.1. The highest BCUT2D eigenvalue weighted by Crippen LogP contribution is 2.21. The van der Waals surface area contributed by atoms with Crippen LogP contribution in [-0.2, 0) is 0 Å². The number of phenolic OH excluding ortho intramolecular Hbond substituents is 1. The van der Waals surface area contributed by atoms with E-state index in [1.165, 1.54) is 11.0 Å². The summed E-state index contributed by atoms with van der Waals surface area (Å²) >= 11 is 0. The Hall–Kier alpha value is -2.02. The van der Waals surface area contributed by atoms with E-state index in [4.69, 9.17) is 5.26 Å². The molecule has 4 heteroatoms. The topological polar surface area (TPSA) is 64.3 Å². The number of carbonyl (C=O) groups excluding carboxylic acids is 1. The third-order valence-corrected chi connectivity index (χ3v) is 2.51. The van der Waals surface area contributed by atoms with Gasteiger partial charge in [0.1, 0.15) is 12.3 Å². The Balaban J connectivity index is 3.06. The monoisotopic (exact) mass is 232 g/mol. The standard InChI is InChI=1S/C13H16N2O2/c1-9(2)15(7-6-14)13(17)11-5-4-10(3)8-12(11)16/h4-5,8-9,16H,7H2,1-3H3. The van der Waals surface area contributed by atoms with E-state index in [1.54, 1.807) is 12.1 Å². The zero-order chi connectivity index (χ0) is 13.0. The number of rotatable bonds is 3. The number of phenols is 1. The van der Waals surface area contributed by atoms with Gasteiger partial charge in [-0.2, -0.15) is 5.26 Å². The van der Waals surface area contributed by atoms with Gasteiger partial charge in [0.15, 0.2) is 0 Å². The molecule has 1 rings (SSSR count). The highest BCUT2D eigenvalue weighted by Gasteiger charge is 2.20. The van der Waals surface area contributed by atoms with Crippen LogP contribution < -0.4 is 0 Å². The second-order valence-corrected chi connectivity index (χ2v) is 4.21. The van der Waals surface area contributed by atoms with Crippen LogP contribution in [0, 0.1) is 18.3 Å². The molecule has 0 unspecified atom stereocenters. The van der Waals surface area contributed by atoms with E-state index in [1.807, 2.05) is 26.8 Å². The molecule has 1 amide bonds. The first-order valence-corrected chi connectivity index (χ1v) is 5.45. The van der Waals surface area contributed by atoms with Crippen LogP contribution in [0.3, 0.4) is 0 Å². The van der Waals surface area contributed by atoms with Crippen molar-refractivity contribution in [2.45, 2.75) is 26.8 Å². The van der Waals surface area contributed by atoms with Gasteiger partial charge in [-0.25, -0.2) is 0 Å². The Morgan fingerprint density at radius 3 is 2.65 bits per heavy atom. The van der Waals surface area contributed by atoms with Crippen molar-refractivity contribution in [2.24, 2.45) is 0 Å². The fourth-order valence-corrected chi connectivity index (χ4v) is 1.54. The van der Waals surface area contributed by atoms with Crippen molar-refractivity contribution >= 4 is 5.91 Å². The highest BCUT2D eigenvalue weighted by atomic mass is 16.3. The van der Waals surface area contributed by atoms with Gasteiger partial charge in [-0.3, -0.25) is 4.79 Å². The molecule has 0 saturated carbocycles. The molecular weight excluding hydrogens is 216 g/mol. The lowest BCUT2D eigenvalue weighted by Crippen LogP contribution is -2.37. The number of carbonyl (C=O) groups is 1. The summed E-state index contributed by atoms with van der Waals surface area (Å²) in [5.74, 6) is -0.363. The summed E-state index contributed by atoms with van der Waals surface area (Å²) in [6.45, 7) is 5.52. The summed E-state index contributed by atoms with van der Waals surface area (Å²) in [5, 5.41) is 18.4. The second-order valence-electron chi connectivity index (χ2n) is 4.21. The van der Waals surface area contributed by atoms with E-state index in [-0.39, 0.29) is 29.8 Å². The van der Waals surface area contributed by atoms with Gasteiger partial charge in [-0.1, -0.05) is 6.07 Å². The minimum absolute atomic E-state index is 0.0177. The molecule has 0 aromatic heterocycles. The number of aromatic hydroxyl groups is 1. The summed E-state index contributed by atoms with van der Waals surface area (Å²) in [4.78, 5) is 13.5. The third kappa shape index (κ3) is 2.97. The van der Waals surface area contributed by atoms with Crippen molar-refractivity contribution in [3.8, 4) is 11.8 Å². The van der Waals surface area contributed by atoms with Crippen LogP contribution in [0.2, 0.25) is 0 Å². The Bertz CT molecular complexity index is 461. The first kappa shape index (κ1) is 13.0. The van der Waals surface area contributed by atoms with Crippen molar-refractivity contribution in [1.82, 2.24) is 4.90 Å². The van der Waals surface area contributed by atoms with Crippen molar-refractivity contribution in [3.63, 3.8) is 0 Å². The third-order valence-electron chi connectivity index (χ3n) is 2.51. The fraction of sp³-hybridized carbons (Fsp3) is 0.385. The number of hydrogen-bond acceptors (Lipinski definition) is 3. The van der Waals surface area contributed by atoms with E-state index >= 15 is 0 Å². The molecule has 0 bridgehead atoms. The molecular formula is C13H16N2O2. The fourth-order valence-electron chi connectivity index (χ4n) is 1.54. The van der Waals surface area contributed by atoms with Gasteiger partial charge >= 0.3 is 0 Å². The zero-order valence-electron chi connectivity index (χ0n) is 10.3. The lowest BCUT2D eigenvalue weighted by Gasteiger charge is -2.24. The van der Waals surface area contributed by atoms with Gasteiger partial charge in [0, 0.05) is 6.04 Å². The molecule has 0 aliphatic carbocycles. The lowest BCUT2D eigenvalue weighted by atomic mass is 10.1. The average Bonchev–Trinajstić information content (AvgIpc) is 2.24. The van der Waals surface area contributed by atoms with Crippen LogP contribution in [0.1, 0.15) is 29.8 Å². The van der Waals surface area contributed by atoms with Gasteiger partial charge in [0.05, 0.1) is 11.6 Å². The predicted octanol–water partition coefficient (Wildman–Crippen LogP) is 2.07. The first-order valence-electron chi connectivity index (χ1n) is 5.45. The number of nitrogens with zero attached hydrogens (tertiary/aromatic N) is 2. The molecule has 4 nitrogen and oxygen atoms in total. The number of nitriles is 1. The number of benzene rings is 1.